The molecule has 0 N–H and O–H groups in total. The second kappa shape index (κ2) is 10.1. The molecule has 4 rings (SSSR count). The van der Waals surface area contributed by atoms with E-state index in [1.54, 1.807) is 13.2 Å². The molecule has 1 aliphatic carbocycles. The molecular weight excluding hydrogens is 368 g/mol. The van der Waals surface area contributed by atoms with Crippen molar-refractivity contribution in [3.8, 4) is 0 Å². The number of furan rings is 1. The maximum Gasteiger partial charge on any atom is 0.289 e. The number of likely N-dealkylation sites (tertiary alicyclic amines) is 1. The van der Waals surface area contributed by atoms with Crippen molar-refractivity contribution in [1.82, 2.24) is 9.80 Å². The predicted octanol–water partition coefficient (Wildman–Crippen LogP) is 3.70. The van der Waals surface area contributed by atoms with Crippen LogP contribution in [0.3, 0.4) is 0 Å². The van der Waals surface area contributed by atoms with Crippen LogP contribution < -0.4 is 0 Å². The Morgan fingerprint density at radius 1 is 1.10 bits per heavy atom. The molecule has 162 valence electrons. The topological polar surface area (TPSA) is 55.2 Å². The number of hydrogen-bond acceptors (Lipinski definition) is 5. The number of ether oxygens (including phenoxy) is 2. The lowest BCUT2D eigenvalue weighted by Crippen LogP contribution is -2.45. The van der Waals surface area contributed by atoms with Gasteiger partial charge >= 0.3 is 0 Å². The molecule has 3 fully saturated rings. The van der Waals surface area contributed by atoms with Gasteiger partial charge in [-0.1, -0.05) is 12.8 Å². The fourth-order valence-electron chi connectivity index (χ4n) is 5.22. The first-order chi connectivity index (χ1) is 14.2. The lowest BCUT2D eigenvalue weighted by molar-refractivity contribution is 0.0404. The Hall–Kier alpha value is -1.37. The molecule has 1 atom stereocenters. The van der Waals surface area contributed by atoms with Gasteiger partial charge in [-0.3, -0.25) is 4.79 Å². The van der Waals surface area contributed by atoms with Crippen molar-refractivity contribution in [1.29, 1.82) is 0 Å². The van der Waals surface area contributed by atoms with E-state index in [9.17, 15) is 4.79 Å². The lowest BCUT2D eigenvalue weighted by Gasteiger charge is -2.38. The SMILES string of the molecule is COCc1ccc(C(=O)N(CC2CCN(C3CCCC3)CC2)CC2CCCO2)o1. The molecule has 2 saturated heterocycles. The van der Waals surface area contributed by atoms with Crippen LogP contribution >= 0.6 is 0 Å². The quantitative estimate of drug-likeness (QED) is 0.661. The summed E-state index contributed by atoms with van der Waals surface area (Å²) in [6.07, 6.45) is 10.2. The average Bonchev–Trinajstić information content (AvgIpc) is 3.50. The zero-order valence-corrected chi connectivity index (χ0v) is 17.8. The van der Waals surface area contributed by atoms with Gasteiger partial charge in [0.15, 0.2) is 5.76 Å². The second-order valence-electron chi connectivity index (χ2n) is 8.96. The molecule has 1 aromatic rings. The summed E-state index contributed by atoms with van der Waals surface area (Å²) in [5.74, 6) is 1.66. The molecule has 6 nitrogen and oxygen atoms in total. The normalized spacial score (nSPS) is 24.4. The van der Waals surface area contributed by atoms with Crippen molar-refractivity contribution in [2.45, 2.75) is 70.1 Å². The summed E-state index contributed by atoms with van der Waals surface area (Å²) >= 11 is 0. The van der Waals surface area contributed by atoms with Crippen molar-refractivity contribution in [2.24, 2.45) is 5.92 Å². The molecule has 0 spiro atoms. The van der Waals surface area contributed by atoms with Crippen molar-refractivity contribution in [3.63, 3.8) is 0 Å². The summed E-state index contributed by atoms with van der Waals surface area (Å²) in [7, 11) is 1.63. The third-order valence-corrected chi connectivity index (χ3v) is 6.86. The van der Waals surface area contributed by atoms with E-state index in [0.717, 1.165) is 32.0 Å². The Morgan fingerprint density at radius 2 is 1.90 bits per heavy atom. The first kappa shape index (κ1) is 20.9. The van der Waals surface area contributed by atoms with Gasteiger partial charge in [0.05, 0.1) is 6.10 Å². The number of piperidine rings is 1. The number of nitrogens with zero attached hydrogens (tertiary/aromatic N) is 2. The van der Waals surface area contributed by atoms with Crippen molar-refractivity contribution in [2.75, 3.05) is 39.9 Å². The maximum absolute atomic E-state index is 13.2. The van der Waals surface area contributed by atoms with Crippen LogP contribution in [0.1, 0.15) is 67.7 Å². The first-order valence-corrected chi connectivity index (χ1v) is 11.5. The Bertz CT molecular complexity index is 641. The summed E-state index contributed by atoms with van der Waals surface area (Å²) in [6.45, 7) is 5.02. The first-order valence-electron chi connectivity index (χ1n) is 11.5. The zero-order valence-electron chi connectivity index (χ0n) is 17.8. The molecule has 3 heterocycles. The van der Waals surface area contributed by atoms with Gasteiger partial charge in [-0.15, -0.1) is 0 Å². The Balaban J connectivity index is 1.36. The monoisotopic (exact) mass is 404 g/mol. The molecule has 0 aromatic carbocycles. The van der Waals surface area contributed by atoms with E-state index in [4.69, 9.17) is 13.9 Å². The van der Waals surface area contributed by atoms with Crippen LogP contribution in [0.25, 0.3) is 0 Å². The largest absolute Gasteiger partial charge is 0.453 e. The summed E-state index contributed by atoms with van der Waals surface area (Å²) in [5, 5.41) is 0. The van der Waals surface area contributed by atoms with Crippen LogP contribution in [-0.4, -0.2) is 67.7 Å². The van der Waals surface area contributed by atoms with Gasteiger partial charge in [-0.05, 0) is 69.7 Å². The number of rotatable bonds is 8. The second-order valence-corrected chi connectivity index (χ2v) is 8.96. The van der Waals surface area contributed by atoms with Crippen LogP contribution in [0, 0.1) is 5.92 Å². The van der Waals surface area contributed by atoms with E-state index in [1.165, 1.54) is 51.6 Å². The molecule has 0 radical (unpaired) electrons. The average molecular weight is 405 g/mol. The maximum atomic E-state index is 13.2. The standard InChI is InChI=1S/C23H36N2O4/c1-27-17-21-8-9-22(29-21)23(26)25(16-20-7-4-14-28-20)15-18-10-12-24(13-11-18)19-5-2-3-6-19/h8-9,18-20H,2-7,10-17H2,1H3. The Kier molecular flexibility index (Phi) is 7.27. The summed E-state index contributed by atoms with van der Waals surface area (Å²) < 4.78 is 16.7. The van der Waals surface area contributed by atoms with Crippen LogP contribution in [0.5, 0.6) is 0 Å². The van der Waals surface area contributed by atoms with E-state index >= 15 is 0 Å². The Labute approximate surface area is 174 Å². The molecular formula is C23H36N2O4. The number of methoxy groups -OCH3 is 1. The van der Waals surface area contributed by atoms with Crippen LogP contribution in [-0.2, 0) is 16.1 Å². The molecule has 1 saturated carbocycles. The van der Waals surface area contributed by atoms with E-state index in [2.05, 4.69) is 4.90 Å². The number of carbonyl (C=O) groups is 1. The highest BCUT2D eigenvalue weighted by atomic mass is 16.5. The molecule has 3 aliphatic rings. The number of amides is 1. The third-order valence-electron chi connectivity index (χ3n) is 6.86. The molecule has 6 heteroatoms. The molecule has 1 unspecified atom stereocenters. The van der Waals surface area contributed by atoms with Gasteiger partial charge in [0, 0.05) is 32.8 Å². The van der Waals surface area contributed by atoms with Crippen LogP contribution in [0.15, 0.2) is 16.5 Å². The van der Waals surface area contributed by atoms with E-state index in [1.807, 2.05) is 11.0 Å². The predicted molar refractivity (Wildman–Crippen MR) is 111 cm³/mol. The van der Waals surface area contributed by atoms with E-state index in [0.29, 0.717) is 30.6 Å². The molecule has 2 aliphatic heterocycles. The van der Waals surface area contributed by atoms with Crippen LogP contribution in [0.4, 0.5) is 0 Å². The fraction of sp³-hybridized carbons (Fsp3) is 0.783. The van der Waals surface area contributed by atoms with Gasteiger partial charge < -0.3 is 23.7 Å². The fourth-order valence-corrected chi connectivity index (χ4v) is 5.22. The summed E-state index contributed by atoms with van der Waals surface area (Å²) in [6, 6.07) is 4.42. The minimum atomic E-state index is -0.0129. The summed E-state index contributed by atoms with van der Waals surface area (Å²) in [5.41, 5.74) is 0. The minimum Gasteiger partial charge on any atom is -0.453 e. The van der Waals surface area contributed by atoms with Gasteiger partial charge in [0.25, 0.3) is 5.91 Å². The molecule has 1 aromatic heterocycles. The van der Waals surface area contributed by atoms with Gasteiger partial charge in [-0.25, -0.2) is 0 Å². The number of hydrogen-bond donors (Lipinski definition) is 0. The lowest BCUT2D eigenvalue weighted by atomic mass is 9.94. The highest BCUT2D eigenvalue weighted by Gasteiger charge is 2.31. The van der Waals surface area contributed by atoms with Gasteiger partial charge in [0.1, 0.15) is 12.4 Å². The van der Waals surface area contributed by atoms with Crippen molar-refractivity contribution in [3.05, 3.63) is 23.7 Å². The summed E-state index contributed by atoms with van der Waals surface area (Å²) in [4.78, 5) is 17.9. The molecule has 1 amide bonds. The van der Waals surface area contributed by atoms with Gasteiger partial charge in [-0.2, -0.15) is 0 Å². The van der Waals surface area contributed by atoms with E-state index in [-0.39, 0.29) is 12.0 Å². The smallest absolute Gasteiger partial charge is 0.289 e. The Morgan fingerprint density at radius 3 is 2.59 bits per heavy atom. The highest BCUT2D eigenvalue weighted by molar-refractivity contribution is 5.91. The minimum absolute atomic E-state index is 0.0129. The molecule has 0 bridgehead atoms. The van der Waals surface area contributed by atoms with Crippen molar-refractivity contribution < 1.29 is 18.7 Å². The van der Waals surface area contributed by atoms with Crippen LogP contribution in [0.2, 0.25) is 0 Å². The zero-order chi connectivity index (χ0) is 20.1. The van der Waals surface area contributed by atoms with Crippen molar-refractivity contribution >= 4 is 5.91 Å². The highest BCUT2D eigenvalue weighted by Crippen LogP contribution is 2.29. The molecule has 29 heavy (non-hydrogen) atoms. The number of carbonyl (C=O) groups excluding carboxylic acids is 1. The van der Waals surface area contributed by atoms with E-state index < -0.39 is 0 Å². The third kappa shape index (κ3) is 5.41. The van der Waals surface area contributed by atoms with Gasteiger partial charge in [0.2, 0.25) is 0 Å².